The van der Waals surface area contributed by atoms with Crippen molar-refractivity contribution >= 4 is 45.3 Å². The van der Waals surface area contributed by atoms with Gasteiger partial charge in [-0.3, -0.25) is 0 Å². The van der Waals surface area contributed by atoms with Gasteiger partial charge in [-0.2, -0.15) is 11.8 Å². The van der Waals surface area contributed by atoms with Gasteiger partial charge < -0.3 is 15.0 Å². The van der Waals surface area contributed by atoms with E-state index in [-0.39, 0.29) is 11.9 Å². The van der Waals surface area contributed by atoms with E-state index in [9.17, 15) is 9.59 Å². The Kier molecular flexibility index (Phi) is 6.95. The van der Waals surface area contributed by atoms with Gasteiger partial charge in [0.25, 0.3) is 0 Å². The second kappa shape index (κ2) is 9.41. The number of carbonyl (C=O) groups excluding carboxylic acids is 2. The smallest absolute Gasteiger partial charge is 0.328 e. The molecule has 8 heteroatoms. The molecule has 0 saturated carbocycles. The van der Waals surface area contributed by atoms with Crippen LogP contribution < -0.4 is 5.32 Å². The van der Waals surface area contributed by atoms with Crippen molar-refractivity contribution in [2.24, 2.45) is 0 Å². The van der Waals surface area contributed by atoms with Crippen LogP contribution in [0.15, 0.2) is 24.3 Å². The molecule has 1 N–H and O–H groups in total. The number of ether oxygens (including phenoxy) is 1. The standard InChI is InChI=1S/C19H25N3O3S2/c1-25-18(23)15(9-11-26-2)21-19(24)22-10-5-6-13(12-22)17-20-14-7-3-4-8-16(14)27-17/h3-4,7-8,13,15H,5-6,9-12H2,1-2H3,(H,21,24). The van der Waals surface area contributed by atoms with Gasteiger partial charge in [0.1, 0.15) is 6.04 Å². The van der Waals surface area contributed by atoms with Crippen LogP contribution in [0.5, 0.6) is 0 Å². The van der Waals surface area contributed by atoms with Crippen molar-refractivity contribution in [3.8, 4) is 0 Å². The molecule has 0 radical (unpaired) electrons. The van der Waals surface area contributed by atoms with Crippen LogP contribution in [0.1, 0.15) is 30.2 Å². The molecule has 0 aliphatic carbocycles. The first-order valence-electron chi connectivity index (χ1n) is 9.10. The van der Waals surface area contributed by atoms with E-state index in [1.807, 2.05) is 24.5 Å². The van der Waals surface area contributed by atoms with Crippen LogP contribution in [0.25, 0.3) is 10.2 Å². The lowest BCUT2D eigenvalue weighted by molar-refractivity contribution is -0.142. The highest BCUT2D eigenvalue weighted by Gasteiger charge is 2.29. The van der Waals surface area contributed by atoms with Gasteiger partial charge in [0.2, 0.25) is 0 Å². The van der Waals surface area contributed by atoms with Gasteiger partial charge in [0.15, 0.2) is 0 Å². The Bertz CT molecular complexity index is 762. The molecule has 2 aromatic rings. The van der Waals surface area contributed by atoms with Crippen LogP contribution in [0.2, 0.25) is 0 Å². The lowest BCUT2D eigenvalue weighted by Gasteiger charge is -2.32. The van der Waals surface area contributed by atoms with Gasteiger partial charge in [0, 0.05) is 19.0 Å². The molecule has 6 nitrogen and oxygen atoms in total. The number of likely N-dealkylation sites (tertiary alicyclic amines) is 1. The number of rotatable bonds is 6. The summed E-state index contributed by atoms with van der Waals surface area (Å²) in [7, 11) is 1.35. The minimum atomic E-state index is -0.599. The quantitative estimate of drug-likeness (QED) is 0.743. The first-order chi connectivity index (χ1) is 13.1. The van der Waals surface area contributed by atoms with Crippen molar-refractivity contribution < 1.29 is 14.3 Å². The van der Waals surface area contributed by atoms with Crippen molar-refractivity contribution in [3.63, 3.8) is 0 Å². The summed E-state index contributed by atoms with van der Waals surface area (Å²) in [6.07, 6.45) is 4.50. The SMILES string of the molecule is COC(=O)C(CCSC)NC(=O)N1CCCC(c2nc3ccccc3s2)C1. The number of thiazole rings is 1. The van der Waals surface area contributed by atoms with E-state index < -0.39 is 12.0 Å². The van der Waals surface area contributed by atoms with Gasteiger partial charge >= 0.3 is 12.0 Å². The topological polar surface area (TPSA) is 71.5 Å². The number of para-hydroxylation sites is 1. The van der Waals surface area contributed by atoms with Gasteiger partial charge in [-0.15, -0.1) is 11.3 Å². The van der Waals surface area contributed by atoms with Crippen molar-refractivity contribution in [1.29, 1.82) is 0 Å². The fraction of sp³-hybridized carbons (Fsp3) is 0.526. The molecule has 2 unspecified atom stereocenters. The number of hydrogen-bond acceptors (Lipinski definition) is 6. The second-order valence-corrected chi connectivity index (χ2v) is 8.66. The molecule has 1 aliphatic rings. The first-order valence-corrected chi connectivity index (χ1v) is 11.3. The lowest BCUT2D eigenvalue weighted by Crippen LogP contribution is -2.51. The van der Waals surface area contributed by atoms with E-state index >= 15 is 0 Å². The second-order valence-electron chi connectivity index (χ2n) is 6.61. The minimum absolute atomic E-state index is 0.197. The first kappa shape index (κ1) is 19.9. The van der Waals surface area contributed by atoms with Crippen LogP contribution >= 0.6 is 23.1 Å². The predicted molar refractivity (Wildman–Crippen MR) is 111 cm³/mol. The summed E-state index contributed by atoms with van der Waals surface area (Å²) in [4.78, 5) is 31.2. The van der Waals surface area contributed by atoms with Crippen molar-refractivity contribution in [1.82, 2.24) is 15.2 Å². The number of aromatic nitrogens is 1. The zero-order valence-electron chi connectivity index (χ0n) is 15.6. The maximum atomic E-state index is 12.7. The Balaban J connectivity index is 1.65. The molecule has 146 valence electrons. The monoisotopic (exact) mass is 407 g/mol. The maximum Gasteiger partial charge on any atom is 0.328 e. The third-order valence-corrected chi connectivity index (χ3v) is 6.61. The van der Waals surface area contributed by atoms with Crippen molar-refractivity contribution in [2.45, 2.75) is 31.2 Å². The molecule has 1 aromatic heterocycles. The average Bonchev–Trinajstić information content (AvgIpc) is 3.14. The molecule has 27 heavy (non-hydrogen) atoms. The number of amides is 2. The number of esters is 1. The maximum absolute atomic E-state index is 12.7. The van der Waals surface area contributed by atoms with E-state index in [0.717, 1.165) is 29.1 Å². The molecule has 1 aromatic carbocycles. The molecule has 0 spiro atoms. The summed E-state index contributed by atoms with van der Waals surface area (Å²) in [6.45, 7) is 1.33. The van der Waals surface area contributed by atoms with Crippen LogP contribution in [0.3, 0.4) is 0 Å². The van der Waals surface area contributed by atoms with E-state index in [0.29, 0.717) is 19.5 Å². The summed E-state index contributed by atoms with van der Waals surface area (Å²) in [5.41, 5.74) is 1.02. The van der Waals surface area contributed by atoms with Crippen molar-refractivity contribution in [3.05, 3.63) is 29.3 Å². The fourth-order valence-electron chi connectivity index (χ4n) is 3.30. The number of piperidine rings is 1. The number of fused-ring (bicyclic) bond motifs is 1. The number of nitrogens with one attached hydrogen (secondary N) is 1. The number of methoxy groups -OCH3 is 1. The predicted octanol–water partition coefficient (Wildman–Crippen LogP) is 3.48. The molecule has 1 fully saturated rings. The Morgan fingerprint density at radius 3 is 3.00 bits per heavy atom. The molecular weight excluding hydrogens is 382 g/mol. The third-order valence-electron chi connectivity index (χ3n) is 4.76. The highest BCUT2D eigenvalue weighted by molar-refractivity contribution is 7.98. The number of thioether (sulfide) groups is 1. The molecular formula is C19H25N3O3S2. The summed E-state index contributed by atoms with van der Waals surface area (Å²) in [5, 5.41) is 3.94. The molecule has 3 rings (SSSR count). The minimum Gasteiger partial charge on any atom is -0.467 e. The summed E-state index contributed by atoms with van der Waals surface area (Å²) in [6, 6.07) is 7.32. The normalized spacial score (nSPS) is 18.3. The van der Waals surface area contributed by atoms with Crippen molar-refractivity contribution in [2.75, 3.05) is 32.2 Å². The molecule has 2 amide bonds. The molecule has 2 heterocycles. The third kappa shape index (κ3) is 4.93. The van der Waals surface area contributed by atoms with Crippen LogP contribution in [-0.2, 0) is 9.53 Å². The number of benzene rings is 1. The number of urea groups is 1. The highest BCUT2D eigenvalue weighted by atomic mass is 32.2. The number of carbonyl (C=O) groups is 2. The number of hydrogen-bond donors (Lipinski definition) is 1. The van der Waals surface area contributed by atoms with Crippen LogP contribution in [-0.4, -0.2) is 60.1 Å². The zero-order chi connectivity index (χ0) is 19.2. The zero-order valence-corrected chi connectivity index (χ0v) is 17.3. The largest absolute Gasteiger partial charge is 0.467 e. The van der Waals surface area contributed by atoms with Gasteiger partial charge in [-0.25, -0.2) is 14.6 Å². The number of nitrogens with zero attached hydrogens (tertiary/aromatic N) is 2. The molecule has 1 saturated heterocycles. The molecule has 2 atom stereocenters. The Morgan fingerprint density at radius 2 is 2.26 bits per heavy atom. The van der Waals surface area contributed by atoms with Gasteiger partial charge in [-0.05, 0) is 43.4 Å². The van der Waals surface area contributed by atoms with E-state index in [1.54, 1.807) is 28.0 Å². The van der Waals surface area contributed by atoms with Crippen LogP contribution in [0.4, 0.5) is 4.79 Å². The summed E-state index contributed by atoms with van der Waals surface area (Å²) < 4.78 is 6.01. The van der Waals surface area contributed by atoms with E-state index in [4.69, 9.17) is 9.72 Å². The van der Waals surface area contributed by atoms with Crippen LogP contribution in [0, 0.1) is 0 Å². The lowest BCUT2D eigenvalue weighted by atomic mass is 9.99. The summed E-state index contributed by atoms with van der Waals surface area (Å²) >= 11 is 3.35. The van der Waals surface area contributed by atoms with E-state index in [1.165, 1.54) is 11.8 Å². The molecule has 0 bridgehead atoms. The fourth-order valence-corrected chi connectivity index (χ4v) is 4.86. The summed E-state index contributed by atoms with van der Waals surface area (Å²) in [5.74, 6) is 0.635. The highest BCUT2D eigenvalue weighted by Crippen LogP contribution is 2.32. The van der Waals surface area contributed by atoms with E-state index in [2.05, 4.69) is 11.4 Å². The molecule has 1 aliphatic heterocycles. The Morgan fingerprint density at radius 1 is 1.44 bits per heavy atom. The van der Waals surface area contributed by atoms with Gasteiger partial charge in [-0.1, -0.05) is 12.1 Å². The Labute approximate surface area is 167 Å². The van der Waals surface area contributed by atoms with Gasteiger partial charge in [0.05, 0.1) is 22.3 Å². The Hall–Kier alpha value is -1.80. The average molecular weight is 408 g/mol.